The number of ether oxygens (including phenoxy) is 1. The molecule has 23 heavy (non-hydrogen) atoms. The van der Waals surface area contributed by atoms with Crippen molar-refractivity contribution in [1.82, 2.24) is 10.6 Å². The Morgan fingerprint density at radius 1 is 1.26 bits per heavy atom. The number of benzene rings is 1. The first-order valence-corrected chi connectivity index (χ1v) is 7.90. The quantitative estimate of drug-likeness (QED) is 0.876. The van der Waals surface area contributed by atoms with Crippen molar-refractivity contribution in [2.24, 2.45) is 5.41 Å². The van der Waals surface area contributed by atoms with Gasteiger partial charge in [0, 0.05) is 25.2 Å². The topological polar surface area (TPSA) is 70.7 Å². The Balaban J connectivity index is 1.71. The second kappa shape index (κ2) is 7.35. The minimum absolute atomic E-state index is 0.0501. The summed E-state index contributed by atoms with van der Waals surface area (Å²) >= 11 is 0. The van der Waals surface area contributed by atoms with E-state index in [9.17, 15) is 9.59 Å². The first-order valence-electron chi connectivity index (χ1n) is 7.90. The largest absolute Gasteiger partial charge is 0.444 e. The molecule has 1 aliphatic heterocycles. The van der Waals surface area contributed by atoms with Crippen molar-refractivity contribution in [3.05, 3.63) is 30.3 Å². The standard InChI is InChI=1S/C17H25N3O3/c1-17(2,3)12-19-15(21)18-10-9-14-11-20(16(22)23-14)13-7-5-4-6-8-13/h4-8,14H,9-12H2,1-3H3,(H2,18,19,21). The molecule has 1 aromatic carbocycles. The summed E-state index contributed by atoms with van der Waals surface area (Å²) < 4.78 is 5.34. The van der Waals surface area contributed by atoms with E-state index in [1.807, 2.05) is 30.3 Å². The summed E-state index contributed by atoms with van der Waals surface area (Å²) in [5.74, 6) is 0. The molecule has 0 aromatic heterocycles. The van der Waals surface area contributed by atoms with Crippen molar-refractivity contribution < 1.29 is 14.3 Å². The Bertz CT molecular complexity index is 540. The van der Waals surface area contributed by atoms with E-state index in [1.54, 1.807) is 4.90 Å². The number of para-hydroxylation sites is 1. The van der Waals surface area contributed by atoms with Gasteiger partial charge in [-0.25, -0.2) is 9.59 Å². The van der Waals surface area contributed by atoms with Gasteiger partial charge in [-0.3, -0.25) is 4.90 Å². The second-order valence-electron chi connectivity index (χ2n) is 6.91. The number of hydrogen-bond donors (Lipinski definition) is 2. The first kappa shape index (κ1) is 17.1. The number of hydrogen-bond acceptors (Lipinski definition) is 3. The molecule has 0 bridgehead atoms. The van der Waals surface area contributed by atoms with Crippen LogP contribution < -0.4 is 15.5 Å². The predicted octanol–water partition coefficient (Wildman–Crippen LogP) is 2.75. The fraction of sp³-hybridized carbons (Fsp3) is 0.529. The summed E-state index contributed by atoms with van der Waals surface area (Å²) in [5, 5.41) is 5.61. The maximum absolute atomic E-state index is 11.9. The van der Waals surface area contributed by atoms with Crippen LogP contribution in [0.1, 0.15) is 27.2 Å². The third kappa shape index (κ3) is 5.47. The molecule has 0 saturated carbocycles. The number of urea groups is 1. The Morgan fingerprint density at radius 2 is 1.96 bits per heavy atom. The van der Waals surface area contributed by atoms with Crippen LogP contribution >= 0.6 is 0 Å². The maximum Gasteiger partial charge on any atom is 0.414 e. The predicted molar refractivity (Wildman–Crippen MR) is 89.5 cm³/mol. The van der Waals surface area contributed by atoms with Crippen molar-refractivity contribution >= 4 is 17.8 Å². The Hall–Kier alpha value is -2.24. The lowest BCUT2D eigenvalue weighted by molar-refractivity contribution is 0.137. The fourth-order valence-electron chi connectivity index (χ4n) is 2.25. The Kier molecular flexibility index (Phi) is 5.47. The Morgan fingerprint density at radius 3 is 2.61 bits per heavy atom. The van der Waals surface area contributed by atoms with Gasteiger partial charge in [-0.05, 0) is 17.5 Å². The first-order chi connectivity index (χ1) is 10.8. The van der Waals surface area contributed by atoms with Crippen LogP contribution in [0.5, 0.6) is 0 Å². The number of carbonyl (C=O) groups is 2. The molecular formula is C17H25N3O3. The number of rotatable bonds is 5. The average molecular weight is 319 g/mol. The molecule has 0 aliphatic carbocycles. The van der Waals surface area contributed by atoms with Crippen molar-refractivity contribution in [1.29, 1.82) is 0 Å². The maximum atomic E-state index is 11.9. The summed E-state index contributed by atoms with van der Waals surface area (Å²) in [6.07, 6.45) is 0.0573. The molecule has 1 atom stereocenters. The van der Waals surface area contributed by atoms with E-state index in [0.717, 1.165) is 5.69 Å². The SMILES string of the molecule is CC(C)(C)CNC(=O)NCCC1CN(c2ccccc2)C(=O)O1. The summed E-state index contributed by atoms with van der Waals surface area (Å²) in [5.41, 5.74) is 0.880. The zero-order valence-corrected chi connectivity index (χ0v) is 14.0. The molecule has 1 heterocycles. The zero-order valence-electron chi connectivity index (χ0n) is 14.0. The van der Waals surface area contributed by atoms with E-state index in [0.29, 0.717) is 26.1 Å². The van der Waals surface area contributed by atoms with Crippen molar-refractivity contribution in [2.45, 2.75) is 33.3 Å². The van der Waals surface area contributed by atoms with E-state index < -0.39 is 0 Å². The fourth-order valence-corrected chi connectivity index (χ4v) is 2.25. The van der Waals surface area contributed by atoms with Gasteiger partial charge in [0.1, 0.15) is 6.10 Å². The molecule has 1 unspecified atom stereocenters. The number of nitrogens with one attached hydrogen (secondary N) is 2. The number of cyclic esters (lactones) is 1. The number of anilines is 1. The lowest BCUT2D eigenvalue weighted by Crippen LogP contribution is -2.41. The molecule has 1 saturated heterocycles. The van der Waals surface area contributed by atoms with Crippen LogP contribution in [-0.2, 0) is 4.74 Å². The van der Waals surface area contributed by atoms with Gasteiger partial charge < -0.3 is 15.4 Å². The van der Waals surface area contributed by atoms with Crippen LogP contribution in [0.25, 0.3) is 0 Å². The summed E-state index contributed by atoms with van der Waals surface area (Å²) in [4.78, 5) is 25.2. The summed E-state index contributed by atoms with van der Waals surface area (Å²) in [6, 6.07) is 9.24. The average Bonchev–Trinajstić information content (AvgIpc) is 2.86. The van der Waals surface area contributed by atoms with Gasteiger partial charge in [0.15, 0.2) is 0 Å². The number of carbonyl (C=O) groups excluding carboxylic acids is 2. The summed E-state index contributed by atoms with van der Waals surface area (Å²) in [7, 11) is 0. The molecular weight excluding hydrogens is 294 g/mol. The highest BCUT2D eigenvalue weighted by Gasteiger charge is 2.31. The van der Waals surface area contributed by atoms with Crippen LogP contribution in [-0.4, -0.2) is 37.9 Å². The van der Waals surface area contributed by atoms with Crippen molar-refractivity contribution in [3.8, 4) is 0 Å². The van der Waals surface area contributed by atoms with E-state index in [2.05, 4.69) is 31.4 Å². The third-order valence-corrected chi connectivity index (χ3v) is 3.47. The zero-order chi connectivity index (χ0) is 16.9. The monoisotopic (exact) mass is 319 g/mol. The molecule has 1 fully saturated rings. The minimum Gasteiger partial charge on any atom is -0.444 e. The van der Waals surface area contributed by atoms with Crippen molar-refractivity contribution in [2.75, 3.05) is 24.5 Å². The van der Waals surface area contributed by atoms with E-state index in [1.165, 1.54) is 0 Å². The van der Waals surface area contributed by atoms with Gasteiger partial charge in [-0.15, -0.1) is 0 Å². The molecule has 3 amide bonds. The highest BCUT2D eigenvalue weighted by molar-refractivity contribution is 5.89. The van der Waals surface area contributed by atoms with Crippen LogP contribution in [0.3, 0.4) is 0 Å². The lowest BCUT2D eigenvalue weighted by Gasteiger charge is -2.19. The molecule has 2 rings (SSSR count). The van der Waals surface area contributed by atoms with Crippen LogP contribution in [0.15, 0.2) is 30.3 Å². The highest BCUT2D eigenvalue weighted by atomic mass is 16.6. The molecule has 0 spiro atoms. The Labute approximate surface area is 137 Å². The number of nitrogens with zero attached hydrogens (tertiary/aromatic N) is 1. The van der Waals surface area contributed by atoms with Gasteiger partial charge in [0.05, 0.1) is 6.54 Å². The smallest absolute Gasteiger partial charge is 0.414 e. The molecule has 1 aromatic rings. The van der Waals surface area contributed by atoms with Gasteiger partial charge in [0.2, 0.25) is 0 Å². The van der Waals surface area contributed by atoms with Crippen LogP contribution in [0.2, 0.25) is 0 Å². The lowest BCUT2D eigenvalue weighted by atomic mass is 9.97. The molecule has 126 valence electrons. The molecule has 2 N–H and O–H groups in total. The van der Waals surface area contributed by atoms with Gasteiger partial charge >= 0.3 is 12.1 Å². The normalized spacial score (nSPS) is 17.8. The van der Waals surface area contributed by atoms with Gasteiger partial charge in [0.25, 0.3) is 0 Å². The number of amides is 3. The minimum atomic E-state index is -0.335. The molecule has 6 heteroatoms. The van der Waals surface area contributed by atoms with Crippen LogP contribution in [0.4, 0.5) is 15.3 Å². The van der Waals surface area contributed by atoms with E-state index in [4.69, 9.17) is 4.74 Å². The van der Waals surface area contributed by atoms with Gasteiger partial charge in [-0.1, -0.05) is 39.0 Å². The summed E-state index contributed by atoms with van der Waals surface area (Å²) in [6.45, 7) is 7.76. The van der Waals surface area contributed by atoms with E-state index >= 15 is 0 Å². The van der Waals surface area contributed by atoms with Crippen molar-refractivity contribution in [3.63, 3.8) is 0 Å². The second-order valence-corrected chi connectivity index (χ2v) is 6.91. The highest BCUT2D eigenvalue weighted by Crippen LogP contribution is 2.22. The molecule has 6 nitrogen and oxygen atoms in total. The molecule has 0 radical (unpaired) electrons. The van der Waals surface area contributed by atoms with Gasteiger partial charge in [-0.2, -0.15) is 0 Å². The third-order valence-electron chi connectivity index (χ3n) is 3.47. The van der Waals surface area contributed by atoms with Crippen LogP contribution in [0, 0.1) is 5.41 Å². The van der Waals surface area contributed by atoms with E-state index in [-0.39, 0.29) is 23.6 Å². The molecule has 1 aliphatic rings.